The van der Waals surface area contributed by atoms with Crippen molar-refractivity contribution in [2.75, 3.05) is 19.8 Å². The lowest BCUT2D eigenvalue weighted by atomic mass is 9.80. The molecular weight excluding hydrogens is 347 g/mol. The maximum Gasteiger partial charge on any atom is 0.311 e. The quantitative estimate of drug-likeness (QED) is 0.851. The Kier molecular flexibility index (Phi) is 5.10. The van der Waals surface area contributed by atoms with Gasteiger partial charge in [-0.3, -0.25) is 9.59 Å². The van der Waals surface area contributed by atoms with Gasteiger partial charge in [0, 0.05) is 25.3 Å². The third kappa shape index (κ3) is 3.69. The maximum atomic E-state index is 13.8. The predicted octanol–water partition coefficient (Wildman–Crippen LogP) is 2.56. The highest BCUT2D eigenvalue weighted by Gasteiger charge is 2.40. The molecule has 1 aromatic carbocycles. The third-order valence-corrected chi connectivity index (χ3v) is 5.35. The maximum absolute atomic E-state index is 13.8. The summed E-state index contributed by atoms with van der Waals surface area (Å²) in [5.74, 6) is -1.75. The van der Waals surface area contributed by atoms with Crippen LogP contribution in [0.1, 0.15) is 22.5 Å². The van der Waals surface area contributed by atoms with Crippen molar-refractivity contribution >= 4 is 23.2 Å². The average molecular weight is 364 g/mol. The molecule has 8 heteroatoms. The summed E-state index contributed by atoms with van der Waals surface area (Å²) in [5, 5.41) is 12.6. The number of amides is 1. The van der Waals surface area contributed by atoms with E-state index in [0.717, 1.165) is 11.3 Å². The number of ether oxygens (including phenoxy) is 1. The van der Waals surface area contributed by atoms with E-state index < -0.39 is 23.1 Å². The number of hydrogen-bond acceptors (Lipinski definition) is 5. The number of nitrogens with zero attached hydrogens (tertiary/aromatic N) is 1. The first-order chi connectivity index (χ1) is 12.0. The number of carbonyl (C=O) groups excluding carboxylic acids is 1. The molecular formula is C17H17FN2O4S. The third-order valence-electron chi connectivity index (χ3n) is 4.32. The van der Waals surface area contributed by atoms with Gasteiger partial charge in [0.2, 0.25) is 0 Å². The zero-order chi connectivity index (χ0) is 17.9. The van der Waals surface area contributed by atoms with E-state index in [1.54, 1.807) is 18.2 Å². The Labute approximate surface area is 147 Å². The van der Waals surface area contributed by atoms with E-state index in [2.05, 4.69) is 10.3 Å². The largest absolute Gasteiger partial charge is 0.481 e. The lowest BCUT2D eigenvalue weighted by Gasteiger charge is -2.33. The van der Waals surface area contributed by atoms with Crippen LogP contribution in [0.15, 0.2) is 30.5 Å². The van der Waals surface area contributed by atoms with Gasteiger partial charge < -0.3 is 15.2 Å². The zero-order valence-electron chi connectivity index (χ0n) is 13.3. The van der Waals surface area contributed by atoms with Gasteiger partial charge in [-0.15, -0.1) is 11.3 Å². The van der Waals surface area contributed by atoms with Gasteiger partial charge in [0.15, 0.2) is 0 Å². The van der Waals surface area contributed by atoms with Gasteiger partial charge in [0.05, 0.1) is 11.6 Å². The summed E-state index contributed by atoms with van der Waals surface area (Å²) in [6.45, 7) is 0.748. The summed E-state index contributed by atoms with van der Waals surface area (Å²) in [6, 6.07) is 6.20. The molecule has 25 heavy (non-hydrogen) atoms. The molecule has 0 unspecified atom stereocenters. The zero-order valence-corrected chi connectivity index (χ0v) is 14.1. The first-order valence-corrected chi connectivity index (χ1v) is 8.63. The Hall–Kier alpha value is -2.32. The van der Waals surface area contributed by atoms with E-state index in [1.165, 1.54) is 12.3 Å². The lowest BCUT2D eigenvalue weighted by Crippen LogP contribution is -2.46. The number of thiazole rings is 1. The van der Waals surface area contributed by atoms with Gasteiger partial charge in [-0.05, 0) is 25.0 Å². The number of aliphatic carboxylic acids is 1. The molecule has 0 saturated carbocycles. The van der Waals surface area contributed by atoms with Gasteiger partial charge in [-0.1, -0.05) is 12.1 Å². The van der Waals surface area contributed by atoms with Crippen molar-refractivity contribution in [1.29, 1.82) is 0 Å². The number of nitrogens with one attached hydrogen (secondary N) is 1. The van der Waals surface area contributed by atoms with Crippen molar-refractivity contribution in [2.24, 2.45) is 5.41 Å². The normalized spacial score (nSPS) is 16.4. The number of halogens is 1. The molecule has 1 amide bonds. The number of benzene rings is 1. The molecule has 0 bridgehead atoms. The van der Waals surface area contributed by atoms with Gasteiger partial charge in [0.1, 0.15) is 15.7 Å². The minimum atomic E-state index is -1.01. The van der Waals surface area contributed by atoms with Crippen LogP contribution in [-0.2, 0) is 9.53 Å². The van der Waals surface area contributed by atoms with E-state index >= 15 is 0 Å². The van der Waals surface area contributed by atoms with Crippen molar-refractivity contribution in [2.45, 2.75) is 12.8 Å². The molecule has 2 heterocycles. The van der Waals surface area contributed by atoms with Crippen molar-refractivity contribution in [3.8, 4) is 10.6 Å². The lowest BCUT2D eigenvalue weighted by molar-refractivity contribution is -0.154. The van der Waals surface area contributed by atoms with Gasteiger partial charge in [-0.25, -0.2) is 9.37 Å². The highest BCUT2D eigenvalue weighted by molar-refractivity contribution is 7.16. The molecule has 3 rings (SSSR count). The molecule has 132 valence electrons. The predicted molar refractivity (Wildman–Crippen MR) is 90.0 cm³/mol. The minimum Gasteiger partial charge on any atom is -0.481 e. The van der Waals surface area contributed by atoms with E-state index in [-0.39, 0.29) is 6.54 Å². The van der Waals surface area contributed by atoms with Crippen LogP contribution in [0, 0.1) is 11.2 Å². The number of rotatable bonds is 5. The monoisotopic (exact) mass is 364 g/mol. The van der Waals surface area contributed by atoms with E-state index in [1.807, 2.05) is 0 Å². The molecule has 2 aromatic rings. The first kappa shape index (κ1) is 17.5. The molecule has 1 saturated heterocycles. The summed E-state index contributed by atoms with van der Waals surface area (Å²) in [5.41, 5.74) is -0.676. The smallest absolute Gasteiger partial charge is 0.311 e. The fourth-order valence-corrected chi connectivity index (χ4v) is 3.56. The summed E-state index contributed by atoms with van der Waals surface area (Å²) in [6.07, 6.45) is 2.08. The minimum absolute atomic E-state index is 0.0253. The van der Waals surface area contributed by atoms with Crippen molar-refractivity contribution in [3.63, 3.8) is 0 Å². The molecule has 0 atom stereocenters. The standard InChI is InChI=1S/C17H17FN2O4S/c18-12-4-2-1-3-11(12)15-19-9-13(25-15)14(21)20-10-17(16(22)23)5-7-24-8-6-17/h1-4,9H,5-8,10H2,(H,20,21)(H,22,23). The van der Waals surface area contributed by atoms with Crippen LogP contribution in [0.3, 0.4) is 0 Å². The van der Waals surface area contributed by atoms with Crippen LogP contribution in [0.2, 0.25) is 0 Å². The molecule has 1 fully saturated rings. The van der Waals surface area contributed by atoms with Gasteiger partial charge >= 0.3 is 5.97 Å². The Morgan fingerprint density at radius 1 is 1.32 bits per heavy atom. The molecule has 2 N–H and O–H groups in total. The summed E-state index contributed by atoms with van der Waals surface area (Å²) >= 11 is 1.07. The average Bonchev–Trinajstić information content (AvgIpc) is 3.10. The Morgan fingerprint density at radius 3 is 2.72 bits per heavy atom. The van der Waals surface area contributed by atoms with Gasteiger partial charge in [-0.2, -0.15) is 0 Å². The van der Waals surface area contributed by atoms with Crippen LogP contribution in [-0.4, -0.2) is 41.7 Å². The van der Waals surface area contributed by atoms with Crippen LogP contribution in [0.25, 0.3) is 10.6 Å². The summed E-state index contributed by atoms with van der Waals surface area (Å²) in [4.78, 5) is 28.3. The first-order valence-electron chi connectivity index (χ1n) is 7.82. The van der Waals surface area contributed by atoms with E-state index in [4.69, 9.17) is 4.74 Å². The molecule has 1 aromatic heterocycles. The molecule has 1 aliphatic heterocycles. The summed E-state index contributed by atoms with van der Waals surface area (Å²) in [7, 11) is 0. The second kappa shape index (κ2) is 7.28. The molecule has 1 aliphatic rings. The number of aromatic nitrogens is 1. The summed E-state index contributed by atoms with van der Waals surface area (Å²) < 4.78 is 19.0. The van der Waals surface area contributed by atoms with Crippen molar-refractivity contribution in [1.82, 2.24) is 10.3 Å². The van der Waals surface area contributed by atoms with E-state index in [9.17, 15) is 19.1 Å². The number of carboxylic acids is 1. The number of carbonyl (C=O) groups is 2. The molecule has 0 radical (unpaired) electrons. The van der Waals surface area contributed by atoms with Crippen molar-refractivity contribution in [3.05, 3.63) is 41.2 Å². The van der Waals surface area contributed by atoms with E-state index in [0.29, 0.717) is 41.5 Å². The van der Waals surface area contributed by atoms with Crippen LogP contribution < -0.4 is 5.32 Å². The fourth-order valence-electron chi connectivity index (χ4n) is 2.70. The highest BCUT2D eigenvalue weighted by atomic mass is 32.1. The van der Waals surface area contributed by atoms with Gasteiger partial charge in [0.25, 0.3) is 5.91 Å². The SMILES string of the molecule is O=C(NCC1(C(=O)O)CCOCC1)c1cnc(-c2ccccc2F)s1. The van der Waals surface area contributed by atoms with Crippen LogP contribution >= 0.6 is 11.3 Å². The second-order valence-corrected chi connectivity index (χ2v) is 6.92. The Balaban J connectivity index is 1.70. The van der Waals surface area contributed by atoms with Crippen LogP contribution in [0.5, 0.6) is 0 Å². The Bertz CT molecular complexity index is 786. The van der Waals surface area contributed by atoms with Crippen LogP contribution in [0.4, 0.5) is 4.39 Å². The molecule has 0 spiro atoms. The Morgan fingerprint density at radius 2 is 2.04 bits per heavy atom. The molecule has 0 aliphatic carbocycles. The molecule has 6 nitrogen and oxygen atoms in total. The number of hydrogen-bond donors (Lipinski definition) is 2. The number of carboxylic acid groups (broad SMARTS) is 1. The fraction of sp³-hybridized carbons (Fsp3) is 0.353. The second-order valence-electron chi connectivity index (χ2n) is 5.89. The topological polar surface area (TPSA) is 88.5 Å². The van der Waals surface area contributed by atoms with Crippen molar-refractivity contribution < 1.29 is 23.8 Å². The highest BCUT2D eigenvalue weighted by Crippen LogP contribution is 2.31.